The molecule has 138 valence electrons. The van der Waals surface area contributed by atoms with E-state index < -0.39 is 5.41 Å². The first-order valence-corrected chi connectivity index (χ1v) is 8.37. The third kappa shape index (κ3) is 3.24. The first-order valence-electron chi connectivity index (χ1n) is 8.00. The lowest BCUT2D eigenvalue weighted by Gasteiger charge is -2.25. The van der Waals surface area contributed by atoms with Gasteiger partial charge in [0.25, 0.3) is 0 Å². The van der Waals surface area contributed by atoms with E-state index in [1.807, 2.05) is 26.0 Å². The van der Waals surface area contributed by atoms with Gasteiger partial charge in [-0.05, 0) is 31.5 Å². The van der Waals surface area contributed by atoms with Gasteiger partial charge in [0.15, 0.2) is 11.5 Å². The molecule has 0 atom stereocenters. The molecule has 0 fully saturated rings. The molecule has 3 rings (SSSR count). The molecule has 0 saturated heterocycles. The van der Waals surface area contributed by atoms with Crippen LogP contribution in [0.15, 0.2) is 30.3 Å². The van der Waals surface area contributed by atoms with Crippen molar-refractivity contribution in [3.8, 4) is 23.0 Å². The van der Waals surface area contributed by atoms with Crippen molar-refractivity contribution in [1.29, 1.82) is 0 Å². The second-order valence-electron chi connectivity index (χ2n) is 6.33. The number of anilines is 1. The van der Waals surface area contributed by atoms with Gasteiger partial charge in [0, 0.05) is 12.1 Å². The molecule has 1 heterocycles. The Morgan fingerprint density at radius 3 is 2.46 bits per heavy atom. The third-order valence-corrected chi connectivity index (χ3v) is 4.68. The van der Waals surface area contributed by atoms with Crippen LogP contribution in [0.4, 0.5) is 5.69 Å². The molecule has 6 nitrogen and oxygen atoms in total. The van der Waals surface area contributed by atoms with Crippen LogP contribution in [-0.2, 0) is 10.2 Å². The maximum atomic E-state index is 13.0. The Labute approximate surface area is 157 Å². The maximum Gasteiger partial charge on any atom is 0.234 e. The van der Waals surface area contributed by atoms with E-state index in [4.69, 9.17) is 30.5 Å². The highest BCUT2D eigenvalue weighted by Crippen LogP contribution is 2.39. The van der Waals surface area contributed by atoms with Crippen LogP contribution in [-0.4, -0.2) is 26.9 Å². The van der Waals surface area contributed by atoms with Crippen molar-refractivity contribution in [1.82, 2.24) is 0 Å². The summed E-state index contributed by atoms with van der Waals surface area (Å²) in [6, 6.07) is 8.71. The van der Waals surface area contributed by atoms with Crippen molar-refractivity contribution in [3.63, 3.8) is 0 Å². The number of hydrogen-bond acceptors (Lipinski definition) is 5. The lowest BCUT2D eigenvalue weighted by atomic mass is 9.83. The van der Waals surface area contributed by atoms with Gasteiger partial charge in [-0.15, -0.1) is 0 Å². The molecule has 1 amide bonds. The zero-order valence-corrected chi connectivity index (χ0v) is 15.8. The third-order valence-electron chi connectivity index (χ3n) is 4.38. The van der Waals surface area contributed by atoms with Gasteiger partial charge in [-0.2, -0.15) is 0 Å². The number of carbonyl (C=O) groups is 1. The average Bonchev–Trinajstić information content (AvgIpc) is 3.10. The number of nitrogens with one attached hydrogen (secondary N) is 1. The van der Waals surface area contributed by atoms with Crippen LogP contribution in [0.25, 0.3) is 0 Å². The molecule has 0 bridgehead atoms. The van der Waals surface area contributed by atoms with Crippen molar-refractivity contribution >= 4 is 23.2 Å². The van der Waals surface area contributed by atoms with Gasteiger partial charge >= 0.3 is 0 Å². The zero-order valence-electron chi connectivity index (χ0n) is 15.0. The fourth-order valence-corrected chi connectivity index (χ4v) is 2.88. The molecule has 1 aliphatic heterocycles. The zero-order chi connectivity index (χ0) is 18.9. The number of benzene rings is 2. The Morgan fingerprint density at radius 1 is 1.08 bits per heavy atom. The van der Waals surface area contributed by atoms with Crippen molar-refractivity contribution in [2.75, 3.05) is 26.3 Å². The summed E-state index contributed by atoms with van der Waals surface area (Å²) in [5.74, 6) is 2.00. The van der Waals surface area contributed by atoms with Gasteiger partial charge in [0.05, 0.1) is 30.3 Å². The highest BCUT2D eigenvalue weighted by molar-refractivity contribution is 6.32. The van der Waals surface area contributed by atoms with E-state index in [1.54, 1.807) is 18.2 Å². The minimum atomic E-state index is -0.821. The summed E-state index contributed by atoms with van der Waals surface area (Å²) in [5.41, 5.74) is 0.463. The fraction of sp³-hybridized carbons (Fsp3) is 0.316. The van der Waals surface area contributed by atoms with E-state index in [9.17, 15) is 4.79 Å². The minimum absolute atomic E-state index is 0.188. The molecule has 1 aliphatic rings. The molecule has 0 radical (unpaired) electrons. The summed E-state index contributed by atoms with van der Waals surface area (Å²) < 4.78 is 21.3. The number of amides is 1. The van der Waals surface area contributed by atoms with Gasteiger partial charge in [0.2, 0.25) is 12.7 Å². The second-order valence-corrected chi connectivity index (χ2v) is 6.74. The number of carbonyl (C=O) groups excluding carboxylic acids is 1. The van der Waals surface area contributed by atoms with Crippen molar-refractivity contribution in [2.45, 2.75) is 19.3 Å². The van der Waals surface area contributed by atoms with Crippen LogP contribution >= 0.6 is 11.6 Å². The predicted molar refractivity (Wildman–Crippen MR) is 98.8 cm³/mol. The van der Waals surface area contributed by atoms with E-state index >= 15 is 0 Å². The normalized spacial score (nSPS) is 12.7. The molecule has 0 aromatic heterocycles. The van der Waals surface area contributed by atoms with E-state index in [-0.39, 0.29) is 12.7 Å². The second kappa shape index (κ2) is 6.96. The van der Waals surface area contributed by atoms with Gasteiger partial charge in [-0.25, -0.2) is 0 Å². The lowest BCUT2D eigenvalue weighted by Crippen LogP contribution is -2.34. The summed E-state index contributed by atoms with van der Waals surface area (Å²) in [4.78, 5) is 13.0. The molecular weight excluding hydrogens is 358 g/mol. The van der Waals surface area contributed by atoms with Crippen LogP contribution < -0.4 is 24.3 Å². The summed E-state index contributed by atoms with van der Waals surface area (Å²) >= 11 is 6.11. The standard InChI is InChI=1S/C19H20ClNO5/c1-19(2,11-5-6-14-17(7-11)26-10-25-14)18(22)21-13-9-15(23-3)12(20)8-16(13)24-4/h5-9H,10H2,1-4H3,(H,21,22). The summed E-state index contributed by atoms with van der Waals surface area (Å²) in [7, 11) is 3.02. The lowest BCUT2D eigenvalue weighted by molar-refractivity contribution is -0.120. The summed E-state index contributed by atoms with van der Waals surface area (Å²) in [6.45, 7) is 3.85. The SMILES string of the molecule is COc1cc(NC(=O)C(C)(C)c2ccc3c(c2)OCO3)c(OC)cc1Cl. The van der Waals surface area contributed by atoms with E-state index in [2.05, 4.69) is 5.32 Å². The van der Waals surface area contributed by atoms with E-state index in [0.717, 1.165) is 5.56 Å². The first-order chi connectivity index (χ1) is 12.4. The molecule has 26 heavy (non-hydrogen) atoms. The Kier molecular flexibility index (Phi) is 4.87. The number of methoxy groups -OCH3 is 2. The number of ether oxygens (including phenoxy) is 4. The molecule has 0 spiro atoms. The number of rotatable bonds is 5. The highest BCUT2D eigenvalue weighted by atomic mass is 35.5. The molecule has 2 aromatic carbocycles. The topological polar surface area (TPSA) is 66.0 Å². The smallest absolute Gasteiger partial charge is 0.234 e. The quantitative estimate of drug-likeness (QED) is 0.853. The van der Waals surface area contributed by atoms with Crippen LogP contribution in [0, 0.1) is 0 Å². The first kappa shape index (κ1) is 18.2. The van der Waals surface area contributed by atoms with Gasteiger partial charge in [-0.1, -0.05) is 17.7 Å². The van der Waals surface area contributed by atoms with E-state index in [1.165, 1.54) is 14.2 Å². The molecule has 0 aliphatic carbocycles. The molecule has 0 unspecified atom stereocenters. The minimum Gasteiger partial charge on any atom is -0.495 e. The molecular formula is C19H20ClNO5. The van der Waals surface area contributed by atoms with Crippen LogP contribution in [0.3, 0.4) is 0 Å². The van der Waals surface area contributed by atoms with Crippen LogP contribution in [0.2, 0.25) is 5.02 Å². The Balaban J connectivity index is 1.89. The Bertz CT molecular complexity index is 850. The fourth-order valence-electron chi connectivity index (χ4n) is 2.65. The van der Waals surface area contributed by atoms with Gasteiger partial charge < -0.3 is 24.3 Å². The van der Waals surface area contributed by atoms with Crippen LogP contribution in [0.1, 0.15) is 19.4 Å². The molecule has 7 heteroatoms. The van der Waals surface area contributed by atoms with Gasteiger partial charge in [0.1, 0.15) is 11.5 Å². The van der Waals surface area contributed by atoms with Crippen LogP contribution in [0.5, 0.6) is 23.0 Å². The monoisotopic (exact) mass is 377 g/mol. The largest absolute Gasteiger partial charge is 0.495 e. The van der Waals surface area contributed by atoms with Crippen molar-refractivity contribution in [3.05, 3.63) is 40.9 Å². The summed E-state index contributed by atoms with van der Waals surface area (Å²) in [6.07, 6.45) is 0. The molecule has 2 aromatic rings. The number of hydrogen-bond donors (Lipinski definition) is 1. The predicted octanol–water partition coefficient (Wildman–Crippen LogP) is 4.00. The molecule has 0 saturated carbocycles. The van der Waals surface area contributed by atoms with Crippen molar-refractivity contribution < 1.29 is 23.7 Å². The number of fused-ring (bicyclic) bond motifs is 1. The molecule has 1 N–H and O–H groups in total. The number of halogens is 1. The Morgan fingerprint density at radius 2 is 1.77 bits per heavy atom. The maximum absolute atomic E-state index is 13.0. The Hall–Kier alpha value is -2.60. The summed E-state index contributed by atoms with van der Waals surface area (Å²) in [5, 5.41) is 3.30. The highest BCUT2D eigenvalue weighted by Gasteiger charge is 2.32. The van der Waals surface area contributed by atoms with Crippen molar-refractivity contribution in [2.24, 2.45) is 0 Å². The van der Waals surface area contributed by atoms with E-state index in [0.29, 0.717) is 33.7 Å². The van der Waals surface area contributed by atoms with Gasteiger partial charge in [-0.3, -0.25) is 4.79 Å². The average molecular weight is 378 g/mol.